The molecule has 0 aromatic heterocycles. The van der Waals surface area contributed by atoms with E-state index in [2.05, 4.69) is 24.4 Å². The van der Waals surface area contributed by atoms with Gasteiger partial charge >= 0.3 is 0 Å². The lowest BCUT2D eigenvalue weighted by atomic mass is 10.0. The van der Waals surface area contributed by atoms with E-state index in [9.17, 15) is 9.59 Å². The normalized spacial score (nSPS) is 15.1. The maximum absolute atomic E-state index is 13.0. The molecule has 1 unspecified atom stereocenters. The van der Waals surface area contributed by atoms with E-state index in [1.165, 1.54) is 12.5 Å². The van der Waals surface area contributed by atoms with Gasteiger partial charge in [0, 0.05) is 24.7 Å². The summed E-state index contributed by atoms with van der Waals surface area (Å²) >= 11 is 0. The molecule has 2 amide bonds. The van der Waals surface area contributed by atoms with Gasteiger partial charge in [-0.2, -0.15) is 0 Å². The standard InChI is InChI=1S/C24H30N2O4/c1-4-5-7-18-8-13-22-21(16-18)23(25-17(2)27)24(28)26(22)14-6-15-30-20-11-9-19(29-3)10-12-20/h8-13,16,23H,4-7,14-15H2,1-3H3,(H,25,27). The first-order valence-electron chi connectivity index (χ1n) is 10.5. The molecule has 1 aliphatic rings. The number of benzene rings is 2. The number of rotatable bonds is 10. The molecule has 6 heteroatoms. The van der Waals surface area contributed by atoms with E-state index < -0.39 is 6.04 Å². The molecule has 1 heterocycles. The van der Waals surface area contributed by atoms with Crippen LogP contribution in [0.4, 0.5) is 5.69 Å². The lowest BCUT2D eigenvalue weighted by molar-refractivity contribution is -0.126. The molecule has 0 radical (unpaired) electrons. The topological polar surface area (TPSA) is 67.9 Å². The van der Waals surface area contributed by atoms with E-state index in [0.717, 1.165) is 42.0 Å². The predicted molar refractivity (Wildman–Crippen MR) is 117 cm³/mol. The van der Waals surface area contributed by atoms with Gasteiger partial charge < -0.3 is 19.7 Å². The van der Waals surface area contributed by atoms with Gasteiger partial charge in [0.2, 0.25) is 5.91 Å². The van der Waals surface area contributed by atoms with Crippen molar-refractivity contribution >= 4 is 17.5 Å². The van der Waals surface area contributed by atoms with Crippen molar-refractivity contribution in [3.05, 3.63) is 53.6 Å². The van der Waals surface area contributed by atoms with Gasteiger partial charge in [0.15, 0.2) is 0 Å². The molecule has 160 valence electrons. The average Bonchev–Trinajstić information content (AvgIpc) is 3.00. The lowest BCUT2D eigenvalue weighted by Gasteiger charge is -2.18. The van der Waals surface area contributed by atoms with Gasteiger partial charge in [0.05, 0.1) is 13.7 Å². The highest BCUT2D eigenvalue weighted by atomic mass is 16.5. The van der Waals surface area contributed by atoms with Crippen LogP contribution in [0.2, 0.25) is 0 Å². The Hall–Kier alpha value is -3.02. The summed E-state index contributed by atoms with van der Waals surface area (Å²) in [5, 5.41) is 2.81. The first-order valence-corrected chi connectivity index (χ1v) is 10.5. The largest absolute Gasteiger partial charge is 0.497 e. The van der Waals surface area contributed by atoms with Crippen LogP contribution in [0.1, 0.15) is 50.3 Å². The summed E-state index contributed by atoms with van der Waals surface area (Å²) in [7, 11) is 1.63. The van der Waals surface area contributed by atoms with E-state index in [1.54, 1.807) is 12.0 Å². The number of aryl methyl sites for hydroxylation is 1. The quantitative estimate of drug-likeness (QED) is 0.601. The van der Waals surface area contributed by atoms with Gasteiger partial charge in [0.1, 0.15) is 17.5 Å². The van der Waals surface area contributed by atoms with Crippen molar-refractivity contribution in [3.63, 3.8) is 0 Å². The summed E-state index contributed by atoms with van der Waals surface area (Å²) in [6.45, 7) is 4.63. The monoisotopic (exact) mass is 410 g/mol. The van der Waals surface area contributed by atoms with E-state index in [0.29, 0.717) is 19.6 Å². The van der Waals surface area contributed by atoms with Crippen LogP contribution in [0.15, 0.2) is 42.5 Å². The van der Waals surface area contributed by atoms with Crippen molar-refractivity contribution in [3.8, 4) is 11.5 Å². The minimum Gasteiger partial charge on any atom is -0.497 e. The number of anilines is 1. The zero-order chi connectivity index (χ0) is 21.5. The number of ether oxygens (including phenoxy) is 2. The number of unbranched alkanes of at least 4 members (excludes halogenated alkanes) is 1. The van der Waals surface area contributed by atoms with Crippen LogP contribution in [0.25, 0.3) is 0 Å². The molecule has 30 heavy (non-hydrogen) atoms. The van der Waals surface area contributed by atoms with Gasteiger partial charge in [-0.3, -0.25) is 9.59 Å². The number of amides is 2. The molecule has 2 aromatic carbocycles. The first kappa shape index (κ1) is 21.7. The predicted octanol–water partition coefficient (Wildman–Crippen LogP) is 4.03. The fourth-order valence-corrected chi connectivity index (χ4v) is 3.68. The van der Waals surface area contributed by atoms with Crippen molar-refractivity contribution in [2.24, 2.45) is 0 Å². The van der Waals surface area contributed by atoms with Crippen molar-refractivity contribution < 1.29 is 19.1 Å². The number of fused-ring (bicyclic) bond motifs is 1. The van der Waals surface area contributed by atoms with Gasteiger partial charge in [-0.05, 0) is 55.2 Å². The van der Waals surface area contributed by atoms with Crippen molar-refractivity contribution in [2.75, 3.05) is 25.2 Å². The molecular formula is C24H30N2O4. The van der Waals surface area contributed by atoms with Crippen LogP contribution in [-0.4, -0.2) is 32.1 Å². The number of carbonyl (C=O) groups is 2. The van der Waals surface area contributed by atoms with E-state index in [1.807, 2.05) is 30.3 Å². The summed E-state index contributed by atoms with van der Waals surface area (Å²) in [6, 6.07) is 13.0. The molecule has 0 fully saturated rings. The Labute approximate surface area is 178 Å². The van der Waals surface area contributed by atoms with Crippen LogP contribution in [0.3, 0.4) is 0 Å². The first-order chi connectivity index (χ1) is 14.5. The van der Waals surface area contributed by atoms with E-state index in [-0.39, 0.29) is 11.8 Å². The van der Waals surface area contributed by atoms with Gasteiger partial charge in [0.25, 0.3) is 5.91 Å². The van der Waals surface area contributed by atoms with Gasteiger partial charge in [-0.25, -0.2) is 0 Å². The number of carbonyl (C=O) groups excluding carboxylic acids is 2. The van der Waals surface area contributed by atoms with Crippen molar-refractivity contribution in [1.29, 1.82) is 0 Å². The summed E-state index contributed by atoms with van der Waals surface area (Å²) in [6.07, 6.45) is 3.87. The van der Waals surface area contributed by atoms with Gasteiger partial charge in [-0.1, -0.05) is 25.5 Å². The van der Waals surface area contributed by atoms with E-state index >= 15 is 0 Å². The molecule has 6 nitrogen and oxygen atoms in total. The summed E-state index contributed by atoms with van der Waals surface area (Å²) in [5.74, 6) is 1.25. The highest BCUT2D eigenvalue weighted by Gasteiger charge is 2.37. The van der Waals surface area contributed by atoms with Crippen LogP contribution in [-0.2, 0) is 16.0 Å². The number of hydrogen-bond donors (Lipinski definition) is 1. The molecular weight excluding hydrogens is 380 g/mol. The highest BCUT2D eigenvalue weighted by molar-refractivity contribution is 6.06. The lowest BCUT2D eigenvalue weighted by Crippen LogP contribution is -2.37. The minimum absolute atomic E-state index is 0.0858. The number of nitrogens with zero attached hydrogens (tertiary/aromatic N) is 1. The molecule has 1 N–H and O–H groups in total. The van der Waals surface area contributed by atoms with Crippen molar-refractivity contribution in [2.45, 2.75) is 45.6 Å². The Balaban J connectivity index is 1.65. The zero-order valence-electron chi connectivity index (χ0n) is 17.9. The molecule has 0 saturated heterocycles. The Morgan fingerprint density at radius 2 is 1.83 bits per heavy atom. The zero-order valence-corrected chi connectivity index (χ0v) is 17.9. The molecule has 0 spiro atoms. The molecule has 0 saturated carbocycles. The Morgan fingerprint density at radius 3 is 2.50 bits per heavy atom. The molecule has 1 aliphatic heterocycles. The number of nitrogens with one attached hydrogen (secondary N) is 1. The Bertz CT molecular complexity index is 879. The highest BCUT2D eigenvalue weighted by Crippen LogP contribution is 2.37. The van der Waals surface area contributed by atoms with Crippen LogP contribution in [0, 0.1) is 0 Å². The summed E-state index contributed by atoms with van der Waals surface area (Å²) < 4.78 is 10.9. The average molecular weight is 411 g/mol. The fraction of sp³-hybridized carbons (Fsp3) is 0.417. The molecule has 3 rings (SSSR count). The number of methoxy groups -OCH3 is 1. The third kappa shape index (κ3) is 5.12. The molecule has 0 aliphatic carbocycles. The third-order valence-corrected chi connectivity index (χ3v) is 5.23. The van der Waals surface area contributed by atoms with Crippen LogP contribution in [0.5, 0.6) is 11.5 Å². The van der Waals surface area contributed by atoms with Crippen LogP contribution >= 0.6 is 0 Å². The SMILES string of the molecule is CCCCc1ccc2c(c1)C(NC(C)=O)C(=O)N2CCCOc1ccc(OC)cc1. The molecule has 1 atom stereocenters. The number of hydrogen-bond acceptors (Lipinski definition) is 4. The van der Waals surface area contributed by atoms with Crippen molar-refractivity contribution in [1.82, 2.24) is 5.32 Å². The summed E-state index contributed by atoms with van der Waals surface area (Å²) in [4.78, 5) is 26.4. The molecule has 0 bridgehead atoms. The second-order valence-corrected chi connectivity index (χ2v) is 7.50. The second kappa shape index (κ2) is 10.1. The smallest absolute Gasteiger partial charge is 0.254 e. The maximum atomic E-state index is 13.0. The molecule has 2 aromatic rings. The summed E-state index contributed by atoms with van der Waals surface area (Å²) in [5.41, 5.74) is 2.96. The fourth-order valence-electron chi connectivity index (χ4n) is 3.68. The second-order valence-electron chi connectivity index (χ2n) is 7.50. The maximum Gasteiger partial charge on any atom is 0.254 e. The van der Waals surface area contributed by atoms with Crippen LogP contribution < -0.4 is 19.7 Å². The minimum atomic E-state index is -0.610. The Kier molecular flexibility index (Phi) is 7.33. The van der Waals surface area contributed by atoms with Gasteiger partial charge in [-0.15, -0.1) is 0 Å². The third-order valence-electron chi connectivity index (χ3n) is 5.23. The Morgan fingerprint density at radius 1 is 1.10 bits per heavy atom. The van der Waals surface area contributed by atoms with E-state index in [4.69, 9.17) is 9.47 Å².